The number of aromatic amines is 2. The number of hydrogen-bond acceptors (Lipinski definition) is 24. The first kappa shape index (κ1) is 103. The molecule has 6 aromatic rings. The van der Waals surface area contributed by atoms with Crippen molar-refractivity contribution in [2.45, 2.75) is 181 Å². The molecule has 0 aliphatic carbocycles. The highest BCUT2D eigenvalue weighted by atomic mass is 32.2. The van der Waals surface area contributed by atoms with E-state index in [9.17, 15) is 82.4 Å². The van der Waals surface area contributed by atoms with E-state index >= 15 is 24.0 Å². The molecule has 1 aliphatic heterocycles. The molecule has 47 heteroatoms. The summed E-state index contributed by atoms with van der Waals surface area (Å²) in [6.45, 7) is -1.52. The van der Waals surface area contributed by atoms with E-state index in [1.807, 2.05) is 0 Å². The number of guanidine groups is 1. The Morgan fingerprint density at radius 1 is 0.504 bits per heavy atom. The molecule has 32 N–H and O–H groups in total. The Kier molecular flexibility index (Phi) is 41.4. The number of amides is 17. The fraction of sp³-hybridized carbons (Fsp3) is 0.429. The lowest BCUT2D eigenvalue weighted by Crippen LogP contribution is -2.61. The molecule has 0 saturated carbocycles. The van der Waals surface area contributed by atoms with Gasteiger partial charge in [0.05, 0.1) is 26.0 Å². The Hall–Kier alpha value is -14.8. The number of hydrogen-bond donors (Lipinski definition) is 26. The molecule has 0 unspecified atom stereocenters. The van der Waals surface area contributed by atoms with Crippen molar-refractivity contribution in [3.63, 3.8) is 0 Å². The summed E-state index contributed by atoms with van der Waals surface area (Å²) < 4.78 is 5.27. The lowest BCUT2D eigenvalue weighted by Gasteiger charge is -2.28. The second kappa shape index (κ2) is 52.5. The second-order valence-electron chi connectivity index (χ2n) is 30.7. The summed E-state index contributed by atoms with van der Waals surface area (Å²) in [6, 6.07) is 5.76. The molecule has 131 heavy (non-hydrogen) atoms. The first-order valence-corrected chi connectivity index (χ1v) is 43.0. The van der Waals surface area contributed by atoms with Crippen LogP contribution < -0.4 is 109 Å². The molecule has 0 radical (unpaired) electrons. The summed E-state index contributed by atoms with van der Waals surface area (Å²) in [6.07, 6.45) is -3.44. The molecule has 11 atom stereocenters. The first-order chi connectivity index (χ1) is 62.4. The Morgan fingerprint density at radius 3 is 1.66 bits per heavy atom. The molecule has 0 saturated heterocycles. The van der Waals surface area contributed by atoms with E-state index in [0.29, 0.717) is 57.9 Å². The highest BCUT2D eigenvalue weighted by Gasteiger charge is 2.39. The third-order valence-corrected chi connectivity index (χ3v) is 21.6. The third kappa shape index (κ3) is 35.1. The van der Waals surface area contributed by atoms with Gasteiger partial charge in [-0.2, -0.15) is 11.8 Å². The fourth-order valence-electron chi connectivity index (χ4n) is 13.8. The van der Waals surface area contributed by atoms with Crippen LogP contribution in [0.1, 0.15) is 123 Å². The minimum Gasteiger partial charge on any atom is -0.508 e. The first-order valence-electron chi connectivity index (χ1n) is 41.8. The van der Waals surface area contributed by atoms with Gasteiger partial charge in [-0.25, -0.2) is 0 Å². The number of carbonyl (C=O) groups is 19. The summed E-state index contributed by atoms with van der Waals surface area (Å²) in [5.74, 6) is -21.9. The van der Waals surface area contributed by atoms with Crippen LogP contribution in [0.4, 0.5) is 0 Å². The van der Waals surface area contributed by atoms with E-state index in [4.69, 9.17) is 44.5 Å². The predicted octanol–water partition coefficient (Wildman–Crippen LogP) is -5.46. The average Bonchev–Trinajstić information content (AvgIpc) is 1.66. The third-order valence-electron chi connectivity index (χ3n) is 20.6. The van der Waals surface area contributed by atoms with Crippen molar-refractivity contribution in [1.82, 2.24) is 84.4 Å². The fourth-order valence-corrected chi connectivity index (χ4v) is 14.8. The average molecular weight is 1840 g/mol. The summed E-state index contributed by atoms with van der Waals surface area (Å²) in [5.41, 5.74) is 35.6. The lowest BCUT2D eigenvalue weighted by molar-refractivity contribution is -0.141. The number of aromatic nitrogens is 2. The van der Waals surface area contributed by atoms with E-state index in [2.05, 4.69) is 84.4 Å². The van der Waals surface area contributed by atoms with Crippen molar-refractivity contribution in [2.24, 2.45) is 34.4 Å². The SMILES string of the molecule is N=C(N)NCCC[C@H](NC(=O)[C@H](Cc1c[nH]c2ccccc12)NC(=O)[C@H](Cc1ccc(O)cc1)NC(=O)[C@@H]1CCSCc2ccccc2C(=O)N[C@@H](CCC(N)=O)C(=O)N[C@@H](CC(=O)O)C(=O)N[C@@H](Cc2c[nH]c3ccccc23)C(=O)N[C@@H](CCC(N)=O)C(=O)N1)C(=O)N[C@@H](CCC(=O)O)C(=O)N[C@@H](CC(N)=O)C(=O)NCC(=O)NCCOCC(=O)N[C@H](CCCCN)C(N)=O. The minimum absolute atomic E-state index is 0.0198. The number of rotatable bonds is 47. The standard InChI is InChI=1S/C84H111N23O23S/c85-29-8-7-16-54(72(89)118)97-69(113)42-130-32-31-92-68(112)41-96-74(120)63(37-67(88)111)106-78(124)58(24-27-70(114)115)100-75(121)55(17-9-30-93-84(90)91)99-81(127)61(35-46-39-94-52-14-5-3-11-49(46)52)104-80(126)60(34-44-18-20-48(108)21-19-44)103-79(125)59-28-33-131-43-45-10-1-2-13-51(45)73(119)98-56(22-25-65(86)109)77(123)107-64(38-71(116)117)83(129)105-62(36-47-40-95-53-15-6-4-12-50(47)53)82(128)101-57(76(122)102-59)23-26-66(87)110/h1-6,10-15,18-21,39-40,54-64,94-95,108H,7-9,16-17,22-38,41-43,85H2,(H2,86,109)(H2,87,110)(H2,88,111)(H2,89,118)(H,92,112)(H,96,120)(H,97,113)(H,98,119)(H,99,127)(H,100,121)(H,101,128)(H,102,122)(H,103,125)(H,104,126)(H,105,129)(H,106,124)(H,107,123)(H,114,115)(H,116,117)(H4,90,91,93)/t54-,55+,56+,57+,58+,59+,60+,61+,62+,63+,64+/m1/s1. The van der Waals surface area contributed by atoms with Gasteiger partial charge in [0.15, 0.2) is 5.96 Å². The molecule has 4 aromatic carbocycles. The zero-order valence-electron chi connectivity index (χ0n) is 71.3. The van der Waals surface area contributed by atoms with Crippen LogP contribution in [0.5, 0.6) is 5.75 Å². The molecule has 7 rings (SSSR count). The number of aromatic hydroxyl groups is 1. The van der Waals surface area contributed by atoms with Crippen molar-refractivity contribution in [1.29, 1.82) is 5.41 Å². The molecule has 0 bridgehead atoms. The molecule has 0 fully saturated rings. The number of phenolic OH excluding ortho intramolecular Hbond substituents is 1. The van der Waals surface area contributed by atoms with Crippen molar-refractivity contribution in [2.75, 3.05) is 45.1 Å². The topological polar surface area (TPSA) is 774 Å². The van der Waals surface area contributed by atoms with Crippen molar-refractivity contribution in [3.05, 3.63) is 137 Å². The van der Waals surface area contributed by atoms with Crippen LogP contribution in [0.15, 0.2) is 109 Å². The molecule has 2 aromatic heterocycles. The molecular weight excluding hydrogens is 1730 g/mol. The molecule has 706 valence electrons. The molecule has 0 spiro atoms. The smallest absolute Gasteiger partial charge is 0.305 e. The van der Waals surface area contributed by atoms with Gasteiger partial charge in [0.1, 0.15) is 78.8 Å². The Labute approximate surface area is 753 Å². The van der Waals surface area contributed by atoms with Gasteiger partial charge in [0.25, 0.3) is 5.91 Å². The maximum Gasteiger partial charge on any atom is 0.305 e. The highest BCUT2D eigenvalue weighted by molar-refractivity contribution is 7.98. The van der Waals surface area contributed by atoms with E-state index in [-0.39, 0.29) is 73.8 Å². The Bertz CT molecular complexity index is 5110. The van der Waals surface area contributed by atoms with Crippen LogP contribution in [-0.2, 0) is 116 Å². The van der Waals surface area contributed by atoms with Gasteiger partial charge in [0.2, 0.25) is 94.5 Å². The predicted molar refractivity (Wildman–Crippen MR) is 471 cm³/mol. The number of benzene rings is 4. The number of phenols is 1. The van der Waals surface area contributed by atoms with Crippen LogP contribution in [-0.4, -0.2) is 255 Å². The zero-order valence-corrected chi connectivity index (χ0v) is 72.1. The van der Waals surface area contributed by atoms with Crippen LogP contribution >= 0.6 is 11.8 Å². The van der Waals surface area contributed by atoms with Gasteiger partial charge in [-0.1, -0.05) is 66.7 Å². The van der Waals surface area contributed by atoms with Crippen LogP contribution in [0.2, 0.25) is 0 Å². The minimum atomic E-state index is -2.00. The molecule has 17 amide bonds. The summed E-state index contributed by atoms with van der Waals surface area (Å²) in [5, 5.41) is 74.2. The Balaban J connectivity index is 1.21. The number of thioether (sulfide) groups is 1. The zero-order chi connectivity index (χ0) is 95.8. The van der Waals surface area contributed by atoms with E-state index in [1.54, 1.807) is 60.7 Å². The number of carboxylic acid groups (broad SMARTS) is 2. The molecule has 3 heterocycles. The largest absolute Gasteiger partial charge is 0.508 e. The van der Waals surface area contributed by atoms with E-state index in [1.165, 1.54) is 48.8 Å². The maximum atomic E-state index is 15.6. The number of nitrogens with two attached hydrogens (primary N) is 6. The molecular formula is C84H111N23O23S. The van der Waals surface area contributed by atoms with Gasteiger partial charge in [0, 0.05) is 97.1 Å². The van der Waals surface area contributed by atoms with Gasteiger partial charge in [-0.05, 0) is 123 Å². The van der Waals surface area contributed by atoms with Gasteiger partial charge in [-0.3, -0.25) is 96.5 Å². The number of carbonyl (C=O) groups excluding carboxylic acids is 17. The number of carboxylic acids is 2. The quantitative estimate of drug-likeness (QED) is 0.00963. The lowest BCUT2D eigenvalue weighted by atomic mass is 10.0. The van der Waals surface area contributed by atoms with Crippen molar-refractivity contribution in [3.8, 4) is 5.75 Å². The number of primary amides is 4. The number of aliphatic carboxylic acids is 2. The molecule has 46 nitrogen and oxygen atoms in total. The number of H-pyrrole nitrogens is 2. The van der Waals surface area contributed by atoms with E-state index < -0.39 is 269 Å². The van der Waals surface area contributed by atoms with Gasteiger partial charge >= 0.3 is 11.9 Å². The number of para-hydroxylation sites is 2. The summed E-state index contributed by atoms with van der Waals surface area (Å²) in [4.78, 5) is 268. The monoisotopic (exact) mass is 1840 g/mol. The maximum absolute atomic E-state index is 15.6. The summed E-state index contributed by atoms with van der Waals surface area (Å²) in [7, 11) is 0. The number of fused-ring (bicyclic) bond motifs is 3. The highest BCUT2D eigenvalue weighted by Crippen LogP contribution is 2.24. The molecule has 1 aliphatic rings. The van der Waals surface area contributed by atoms with E-state index in [0.717, 1.165) is 11.8 Å². The van der Waals surface area contributed by atoms with Crippen molar-refractivity contribution < 1.29 is 111 Å². The van der Waals surface area contributed by atoms with Gasteiger partial charge < -0.3 is 139 Å². The summed E-state index contributed by atoms with van der Waals surface area (Å²) >= 11 is 1.10. The van der Waals surface area contributed by atoms with Gasteiger partial charge in [-0.15, -0.1) is 0 Å². The van der Waals surface area contributed by atoms with Crippen LogP contribution in [0.25, 0.3) is 21.8 Å². The van der Waals surface area contributed by atoms with Crippen LogP contribution in [0.3, 0.4) is 0 Å². The normalized spacial score (nSPS) is 17.1. The number of unbranched alkanes of at least 4 members (excludes halogenated alkanes) is 1. The number of nitrogens with one attached hydrogen (secondary N) is 17. The van der Waals surface area contributed by atoms with Crippen molar-refractivity contribution >= 4 is 152 Å². The number of ether oxygens (including phenoxy) is 1. The Morgan fingerprint density at radius 2 is 1.05 bits per heavy atom. The van der Waals surface area contributed by atoms with Crippen LogP contribution in [0, 0.1) is 5.41 Å². The second-order valence-corrected chi connectivity index (χ2v) is 31.8.